The normalized spacial score (nSPS) is 12.9. The molecule has 54 heavy (non-hydrogen) atoms. The maximum absolute atomic E-state index is 6.26. The molecule has 258 valence electrons. The SMILES string of the molecule is CCC.Nc1ccccc1Nc1ccc(-c2cc3c(c4ccccc24)C2(c4ccccc4-c4ccccc42)c2c-3c3ccccc3c3ccccc23)cc1. The second kappa shape index (κ2) is 12.5. The first-order valence-electron chi connectivity index (χ1n) is 19.1. The van der Waals surface area contributed by atoms with Gasteiger partial charge in [-0.25, -0.2) is 0 Å². The van der Waals surface area contributed by atoms with E-state index < -0.39 is 5.41 Å². The number of nitrogen functional groups attached to an aromatic ring is 1. The summed E-state index contributed by atoms with van der Waals surface area (Å²) in [5, 5.41) is 11.3. The summed E-state index contributed by atoms with van der Waals surface area (Å²) >= 11 is 0. The van der Waals surface area contributed by atoms with E-state index in [1.165, 1.54) is 94.4 Å². The third-order valence-electron chi connectivity index (χ3n) is 11.4. The Balaban J connectivity index is 0.00000117. The fourth-order valence-corrected chi connectivity index (χ4v) is 9.42. The van der Waals surface area contributed by atoms with Gasteiger partial charge in [-0.05, 0) is 118 Å². The van der Waals surface area contributed by atoms with Crippen molar-refractivity contribution in [2.45, 2.75) is 25.7 Å². The zero-order valence-electron chi connectivity index (χ0n) is 30.5. The topological polar surface area (TPSA) is 38.0 Å². The van der Waals surface area contributed by atoms with Gasteiger partial charge in [0, 0.05) is 5.69 Å². The minimum absolute atomic E-state index is 0.483. The smallest absolute Gasteiger partial charge is 0.0737 e. The Morgan fingerprint density at radius 2 is 0.926 bits per heavy atom. The van der Waals surface area contributed by atoms with Gasteiger partial charge in [-0.2, -0.15) is 0 Å². The van der Waals surface area contributed by atoms with Crippen LogP contribution in [0.4, 0.5) is 17.1 Å². The molecule has 0 aliphatic heterocycles. The quantitative estimate of drug-likeness (QED) is 0.143. The molecule has 0 heterocycles. The van der Waals surface area contributed by atoms with E-state index in [4.69, 9.17) is 5.73 Å². The van der Waals surface area contributed by atoms with Gasteiger partial charge in [0.2, 0.25) is 0 Å². The van der Waals surface area contributed by atoms with E-state index in [1.807, 2.05) is 24.3 Å². The standard InChI is InChI=1S/C49H32N2.C3H8/c50-44-23-11-12-24-45(44)51-31-27-25-30(26-28-31)40-29-41-46-37-18-4-1-13-32(37)33-14-2-6-20-39(33)48(46)49(47(41)38-19-5-3-15-34(38)40)42-21-9-7-16-35(42)36-17-8-10-22-43(36)49;1-3-2/h1-29,51H,50H2;3H2,1-2H3. The van der Waals surface area contributed by atoms with Crippen LogP contribution in [-0.2, 0) is 5.41 Å². The van der Waals surface area contributed by atoms with E-state index in [9.17, 15) is 0 Å². The van der Waals surface area contributed by atoms with Crippen molar-refractivity contribution >= 4 is 49.4 Å². The van der Waals surface area contributed by atoms with Crippen LogP contribution in [0, 0.1) is 0 Å². The summed E-state index contributed by atoms with van der Waals surface area (Å²) in [5.74, 6) is 0. The molecule has 0 amide bonds. The molecule has 2 nitrogen and oxygen atoms in total. The zero-order chi connectivity index (χ0) is 36.4. The summed E-state index contributed by atoms with van der Waals surface area (Å²) in [7, 11) is 0. The fraction of sp³-hybridized carbons (Fsp3) is 0.0769. The van der Waals surface area contributed by atoms with Crippen molar-refractivity contribution in [2.75, 3.05) is 11.1 Å². The van der Waals surface area contributed by atoms with Gasteiger partial charge in [0.1, 0.15) is 0 Å². The van der Waals surface area contributed by atoms with Crippen molar-refractivity contribution in [3.05, 3.63) is 198 Å². The molecule has 2 heteroatoms. The van der Waals surface area contributed by atoms with Crippen molar-refractivity contribution in [1.82, 2.24) is 0 Å². The number of hydrogen-bond acceptors (Lipinski definition) is 2. The highest BCUT2D eigenvalue weighted by molar-refractivity contribution is 6.22. The maximum Gasteiger partial charge on any atom is 0.0737 e. The van der Waals surface area contributed by atoms with Crippen LogP contribution in [0.25, 0.3) is 65.7 Å². The van der Waals surface area contributed by atoms with Gasteiger partial charge in [0.25, 0.3) is 0 Å². The average molecular weight is 693 g/mol. The Labute approximate surface area is 316 Å². The van der Waals surface area contributed by atoms with E-state index >= 15 is 0 Å². The van der Waals surface area contributed by atoms with Crippen molar-refractivity contribution < 1.29 is 0 Å². The molecule has 11 rings (SSSR count). The molecular formula is C52H40N2. The second-order valence-corrected chi connectivity index (χ2v) is 14.6. The van der Waals surface area contributed by atoms with Crippen LogP contribution in [0.2, 0.25) is 0 Å². The van der Waals surface area contributed by atoms with Gasteiger partial charge in [-0.3, -0.25) is 0 Å². The first kappa shape index (κ1) is 32.0. The second-order valence-electron chi connectivity index (χ2n) is 14.6. The number of fused-ring (bicyclic) bond motifs is 17. The van der Waals surface area contributed by atoms with E-state index in [1.54, 1.807) is 0 Å². The number of rotatable bonds is 3. The molecule has 0 radical (unpaired) electrons. The van der Waals surface area contributed by atoms with E-state index in [-0.39, 0.29) is 0 Å². The van der Waals surface area contributed by atoms with Crippen LogP contribution in [0.1, 0.15) is 42.5 Å². The first-order valence-corrected chi connectivity index (χ1v) is 19.1. The minimum Gasteiger partial charge on any atom is -0.397 e. The zero-order valence-corrected chi connectivity index (χ0v) is 30.5. The highest BCUT2D eigenvalue weighted by Crippen LogP contribution is 2.67. The van der Waals surface area contributed by atoms with Gasteiger partial charge in [-0.15, -0.1) is 0 Å². The highest BCUT2D eigenvalue weighted by atomic mass is 14.9. The Morgan fingerprint density at radius 1 is 0.444 bits per heavy atom. The molecule has 2 aliphatic carbocycles. The monoisotopic (exact) mass is 692 g/mol. The van der Waals surface area contributed by atoms with Gasteiger partial charge in [0.05, 0.1) is 16.8 Å². The average Bonchev–Trinajstić information content (AvgIpc) is 3.70. The molecule has 2 aliphatic rings. The van der Waals surface area contributed by atoms with Crippen molar-refractivity contribution in [1.29, 1.82) is 0 Å². The van der Waals surface area contributed by atoms with E-state index in [2.05, 4.69) is 171 Å². The van der Waals surface area contributed by atoms with Crippen molar-refractivity contribution in [3.63, 3.8) is 0 Å². The molecule has 9 aromatic carbocycles. The van der Waals surface area contributed by atoms with Crippen molar-refractivity contribution in [3.8, 4) is 33.4 Å². The third kappa shape index (κ3) is 4.47. The summed E-state index contributed by atoms with van der Waals surface area (Å²) in [6.07, 6.45) is 1.25. The molecule has 0 aromatic heterocycles. The summed E-state index contributed by atoms with van der Waals surface area (Å²) in [6, 6.07) is 64.5. The van der Waals surface area contributed by atoms with Gasteiger partial charge in [-0.1, -0.05) is 166 Å². The lowest BCUT2D eigenvalue weighted by Crippen LogP contribution is -2.26. The minimum atomic E-state index is -0.483. The predicted octanol–water partition coefficient (Wildman–Crippen LogP) is 13.9. The number of anilines is 3. The molecule has 0 atom stereocenters. The molecule has 9 aromatic rings. The molecule has 0 bridgehead atoms. The number of nitrogens with one attached hydrogen (secondary N) is 1. The highest BCUT2D eigenvalue weighted by Gasteiger charge is 2.54. The number of benzene rings is 9. The van der Waals surface area contributed by atoms with E-state index in [0.717, 1.165) is 17.1 Å². The third-order valence-corrected chi connectivity index (χ3v) is 11.4. The summed E-state index contributed by atoms with van der Waals surface area (Å²) in [5.41, 5.74) is 21.6. The molecule has 0 saturated heterocycles. The Bertz CT molecular complexity index is 2870. The maximum atomic E-state index is 6.26. The summed E-state index contributed by atoms with van der Waals surface area (Å²) in [6.45, 7) is 4.25. The van der Waals surface area contributed by atoms with E-state index in [0.29, 0.717) is 0 Å². The van der Waals surface area contributed by atoms with Gasteiger partial charge >= 0.3 is 0 Å². The Hall–Kier alpha value is -6.64. The lowest BCUT2D eigenvalue weighted by Gasteiger charge is -2.33. The molecule has 0 saturated carbocycles. The number of nitrogens with two attached hydrogens (primary N) is 1. The van der Waals surface area contributed by atoms with Crippen LogP contribution in [0.15, 0.2) is 176 Å². The summed E-state index contributed by atoms with van der Waals surface area (Å²) < 4.78 is 0. The van der Waals surface area contributed by atoms with Crippen LogP contribution >= 0.6 is 0 Å². The summed E-state index contributed by atoms with van der Waals surface area (Å²) in [4.78, 5) is 0. The molecule has 3 N–H and O–H groups in total. The van der Waals surface area contributed by atoms with Crippen LogP contribution in [-0.4, -0.2) is 0 Å². The number of para-hydroxylation sites is 2. The van der Waals surface area contributed by atoms with Crippen LogP contribution in [0.3, 0.4) is 0 Å². The van der Waals surface area contributed by atoms with Crippen molar-refractivity contribution in [2.24, 2.45) is 0 Å². The molecule has 0 fully saturated rings. The Morgan fingerprint density at radius 3 is 1.56 bits per heavy atom. The lowest BCUT2D eigenvalue weighted by molar-refractivity contribution is 0.809. The molecule has 1 spiro atoms. The predicted molar refractivity (Wildman–Crippen MR) is 231 cm³/mol. The number of hydrogen-bond donors (Lipinski definition) is 2. The molecule has 0 unspecified atom stereocenters. The molecular weight excluding hydrogens is 653 g/mol. The largest absolute Gasteiger partial charge is 0.397 e. The first-order chi connectivity index (χ1) is 26.6. The fourth-order valence-electron chi connectivity index (χ4n) is 9.42. The van der Waals surface area contributed by atoms with Crippen LogP contribution in [0.5, 0.6) is 0 Å². The van der Waals surface area contributed by atoms with Gasteiger partial charge in [0.15, 0.2) is 0 Å². The van der Waals surface area contributed by atoms with Gasteiger partial charge < -0.3 is 11.1 Å². The van der Waals surface area contributed by atoms with Crippen LogP contribution < -0.4 is 11.1 Å². The Kier molecular flexibility index (Phi) is 7.42. The lowest BCUT2D eigenvalue weighted by atomic mass is 9.68.